The van der Waals surface area contributed by atoms with Gasteiger partial charge in [0.25, 0.3) is 0 Å². The highest BCUT2D eigenvalue weighted by Crippen LogP contribution is 2.15. The Balaban J connectivity index is 2.87. The van der Waals surface area contributed by atoms with E-state index >= 15 is 0 Å². The van der Waals surface area contributed by atoms with E-state index in [9.17, 15) is 13.2 Å². The summed E-state index contributed by atoms with van der Waals surface area (Å²) in [5.41, 5.74) is 0.462. The number of carbonyl (C=O) groups is 1. The lowest BCUT2D eigenvalue weighted by molar-refractivity contribution is -0.119. The van der Waals surface area contributed by atoms with E-state index in [1.165, 1.54) is 19.2 Å². The highest BCUT2D eigenvalue weighted by atomic mass is 32.2. The molecule has 106 valence electrons. The number of amides is 1. The van der Waals surface area contributed by atoms with Crippen molar-refractivity contribution in [1.29, 1.82) is 0 Å². The van der Waals surface area contributed by atoms with E-state index in [4.69, 9.17) is 0 Å². The third-order valence-electron chi connectivity index (χ3n) is 2.64. The molecule has 0 aliphatic heterocycles. The van der Waals surface area contributed by atoms with Gasteiger partial charge in [-0.2, -0.15) is 0 Å². The quantitative estimate of drug-likeness (QED) is 0.705. The molecule has 1 rings (SSSR count). The molecule has 7 heteroatoms. The fourth-order valence-electron chi connectivity index (χ4n) is 1.52. The van der Waals surface area contributed by atoms with Gasteiger partial charge in [0.15, 0.2) is 0 Å². The molecular weight excluding hydrogens is 266 g/mol. The SMILES string of the molecule is CNCC(C)C(=O)Nc1cccc(S(=O)(=O)NC)c1. The third-order valence-corrected chi connectivity index (χ3v) is 4.05. The van der Waals surface area contributed by atoms with Crippen molar-refractivity contribution in [2.24, 2.45) is 5.92 Å². The topological polar surface area (TPSA) is 87.3 Å². The first-order chi connectivity index (χ1) is 8.90. The Hall–Kier alpha value is -1.44. The Kier molecular flexibility index (Phi) is 5.46. The van der Waals surface area contributed by atoms with E-state index in [0.717, 1.165) is 0 Å². The van der Waals surface area contributed by atoms with Gasteiger partial charge in [0, 0.05) is 18.2 Å². The predicted molar refractivity (Wildman–Crippen MR) is 74.4 cm³/mol. The number of benzene rings is 1. The van der Waals surface area contributed by atoms with Crippen LogP contribution in [-0.2, 0) is 14.8 Å². The van der Waals surface area contributed by atoms with Gasteiger partial charge in [-0.15, -0.1) is 0 Å². The Bertz CT molecular complexity index is 543. The predicted octanol–water partition coefficient (Wildman–Crippen LogP) is 0.389. The molecule has 19 heavy (non-hydrogen) atoms. The third kappa shape index (κ3) is 4.30. The van der Waals surface area contributed by atoms with Gasteiger partial charge in [0.05, 0.1) is 4.90 Å². The maximum Gasteiger partial charge on any atom is 0.240 e. The molecule has 1 atom stereocenters. The van der Waals surface area contributed by atoms with E-state index < -0.39 is 10.0 Å². The van der Waals surface area contributed by atoms with Crippen LogP contribution >= 0.6 is 0 Å². The largest absolute Gasteiger partial charge is 0.326 e. The van der Waals surface area contributed by atoms with Crippen LogP contribution in [0.15, 0.2) is 29.2 Å². The normalized spacial score (nSPS) is 13.0. The van der Waals surface area contributed by atoms with Gasteiger partial charge in [0.1, 0.15) is 0 Å². The Morgan fingerprint density at radius 1 is 1.32 bits per heavy atom. The van der Waals surface area contributed by atoms with E-state index in [-0.39, 0.29) is 16.7 Å². The van der Waals surface area contributed by atoms with Crippen LogP contribution in [0.3, 0.4) is 0 Å². The number of rotatable bonds is 6. The molecule has 1 amide bonds. The minimum atomic E-state index is -3.50. The van der Waals surface area contributed by atoms with E-state index in [2.05, 4.69) is 15.4 Å². The molecule has 3 N–H and O–H groups in total. The zero-order chi connectivity index (χ0) is 14.5. The van der Waals surface area contributed by atoms with Crippen molar-refractivity contribution in [2.75, 3.05) is 26.0 Å². The Morgan fingerprint density at radius 2 is 2.00 bits per heavy atom. The van der Waals surface area contributed by atoms with Crippen LogP contribution in [0.2, 0.25) is 0 Å². The summed E-state index contributed by atoms with van der Waals surface area (Å²) in [6.45, 7) is 2.35. The minimum absolute atomic E-state index is 0.120. The highest BCUT2D eigenvalue weighted by Gasteiger charge is 2.14. The second-order valence-electron chi connectivity index (χ2n) is 4.18. The maximum absolute atomic E-state index is 11.8. The van der Waals surface area contributed by atoms with E-state index in [1.807, 2.05) is 0 Å². The first kappa shape index (κ1) is 15.6. The molecule has 0 fully saturated rings. The van der Waals surface area contributed by atoms with Gasteiger partial charge in [-0.05, 0) is 32.3 Å². The van der Waals surface area contributed by atoms with Gasteiger partial charge in [-0.1, -0.05) is 13.0 Å². The van der Waals surface area contributed by atoms with Crippen LogP contribution in [0.1, 0.15) is 6.92 Å². The van der Waals surface area contributed by atoms with Crippen LogP contribution in [0, 0.1) is 5.92 Å². The lowest BCUT2D eigenvalue weighted by Crippen LogP contribution is -2.28. The molecule has 0 heterocycles. The summed E-state index contributed by atoms with van der Waals surface area (Å²) in [5.74, 6) is -0.358. The van der Waals surface area contributed by atoms with Crippen molar-refractivity contribution in [1.82, 2.24) is 10.0 Å². The van der Waals surface area contributed by atoms with Crippen molar-refractivity contribution < 1.29 is 13.2 Å². The average Bonchev–Trinajstić information content (AvgIpc) is 2.39. The molecule has 0 radical (unpaired) electrons. The zero-order valence-electron chi connectivity index (χ0n) is 11.2. The van der Waals surface area contributed by atoms with Gasteiger partial charge < -0.3 is 10.6 Å². The van der Waals surface area contributed by atoms with Crippen LogP contribution in [0.4, 0.5) is 5.69 Å². The summed E-state index contributed by atoms with van der Waals surface area (Å²) in [6, 6.07) is 6.13. The van der Waals surface area contributed by atoms with Crippen molar-refractivity contribution >= 4 is 21.6 Å². The number of carbonyl (C=O) groups excluding carboxylic acids is 1. The maximum atomic E-state index is 11.8. The smallest absolute Gasteiger partial charge is 0.240 e. The van der Waals surface area contributed by atoms with E-state index in [1.54, 1.807) is 26.1 Å². The summed E-state index contributed by atoms with van der Waals surface area (Å²) < 4.78 is 25.5. The number of nitrogens with one attached hydrogen (secondary N) is 3. The molecule has 6 nitrogen and oxygen atoms in total. The van der Waals surface area contributed by atoms with Crippen LogP contribution < -0.4 is 15.4 Å². The number of hydrogen-bond donors (Lipinski definition) is 3. The first-order valence-electron chi connectivity index (χ1n) is 5.89. The molecule has 1 aromatic rings. The monoisotopic (exact) mass is 285 g/mol. The Labute approximate surface area is 113 Å². The lowest BCUT2D eigenvalue weighted by atomic mass is 10.1. The van der Waals surface area contributed by atoms with Crippen molar-refractivity contribution in [3.8, 4) is 0 Å². The molecule has 0 bridgehead atoms. The van der Waals surface area contributed by atoms with Gasteiger partial charge >= 0.3 is 0 Å². The number of hydrogen-bond acceptors (Lipinski definition) is 4. The molecule has 0 spiro atoms. The van der Waals surface area contributed by atoms with Crippen molar-refractivity contribution in [3.05, 3.63) is 24.3 Å². The number of sulfonamides is 1. The van der Waals surface area contributed by atoms with Gasteiger partial charge in [-0.25, -0.2) is 13.1 Å². The fourth-order valence-corrected chi connectivity index (χ4v) is 2.30. The van der Waals surface area contributed by atoms with Gasteiger partial charge in [0.2, 0.25) is 15.9 Å². The molecule has 1 unspecified atom stereocenters. The number of anilines is 1. The second kappa shape index (κ2) is 6.65. The molecule has 1 aromatic carbocycles. The van der Waals surface area contributed by atoms with Crippen molar-refractivity contribution in [3.63, 3.8) is 0 Å². The van der Waals surface area contributed by atoms with Crippen LogP contribution in [0.25, 0.3) is 0 Å². The molecule has 0 saturated heterocycles. The average molecular weight is 285 g/mol. The van der Waals surface area contributed by atoms with Gasteiger partial charge in [-0.3, -0.25) is 4.79 Å². The Morgan fingerprint density at radius 3 is 2.58 bits per heavy atom. The van der Waals surface area contributed by atoms with Crippen LogP contribution in [-0.4, -0.2) is 35.0 Å². The fraction of sp³-hybridized carbons (Fsp3) is 0.417. The minimum Gasteiger partial charge on any atom is -0.326 e. The molecule has 0 aliphatic carbocycles. The van der Waals surface area contributed by atoms with Crippen LogP contribution in [0.5, 0.6) is 0 Å². The first-order valence-corrected chi connectivity index (χ1v) is 7.38. The standard InChI is InChI=1S/C12H19N3O3S/c1-9(8-13-2)12(16)15-10-5-4-6-11(7-10)19(17,18)14-3/h4-7,9,13-14H,8H2,1-3H3,(H,15,16). The molecule has 0 aliphatic rings. The summed E-state index contributed by atoms with van der Waals surface area (Å²) in [5, 5.41) is 5.60. The molecule has 0 aromatic heterocycles. The van der Waals surface area contributed by atoms with Crippen molar-refractivity contribution in [2.45, 2.75) is 11.8 Å². The summed E-state index contributed by atoms with van der Waals surface area (Å²) >= 11 is 0. The molecule has 0 saturated carbocycles. The summed E-state index contributed by atoms with van der Waals surface area (Å²) in [4.78, 5) is 11.9. The van der Waals surface area contributed by atoms with E-state index in [0.29, 0.717) is 12.2 Å². The second-order valence-corrected chi connectivity index (χ2v) is 6.07. The lowest BCUT2D eigenvalue weighted by Gasteiger charge is -2.12. The highest BCUT2D eigenvalue weighted by molar-refractivity contribution is 7.89. The summed E-state index contributed by atoms with van der Waals surface area (Å²) in [7, 11) is -0.390. The zero-order valence-corrected chi connectivity index (χ0v) is 12.0. The molecular formula is C12H19N3O3S. The summed E-state index contributed by atoms with van der Waals surface area (Å²) in [6.07, 6.45) is 0.